The number of amides is 1. The Hall–Kier alpha value is -2.46. The van der Waals surface area contributed by atoms with Gasteiger partial charge in [-0.3, -0.25) is 4.90 Å². The number of thiazole rings is 1. The summed E-state index contributed by atoms with van der Waals surface area (Å²) in [6.07, 6.45) is -0.767. The summed E-state index contributed by atoms with van der Waals surface area (Å²) in [7, 11) is -0.315. The van der Waals surface area contributed by atoms with Crippen LogP contribution in [-0.4, -0.2) is 56.5 Å². The molecular weight excluding hydrogens is 504 g/mol. The number of aliphatic hydroxyl groups is 1. The first-order valence-electron chi connectivity index (χ1n) is 12.5. The lowest BCUT2D eigenvalue weighted by atomic mass is 10.2. The third kappa shape index (κ3) is 7.53. The van der Waals surface area contributed by atoms with Crippen LogP contribution in [0.2, 0.25) is 18.1 Å². The number of carbonyl (C=O) groups excluding carboxylic acids is 1. The van der Waals surface area contributed by atoms with Gasteiger partial charge in [-0.25, -0.2) is 9.78 Å². The van der Waals surface area contributed by atoms with E-state index in [0.717, 1.165) is 26.5 Å². The predicted molar refractivity (Wildman–Crippen MR) is 154 cm³/mol. The minimum absolute atomic E-state index is 0.0573. The first-order chi connectivity index (χ1) is 17.1. The summed E-state index contributed by atoms with van der Waals surface area (Å²) in [5, 5.41) is 10.8. The number of hydrogen-bond acceptors (Lipinski definition) is 7. The third-order valence-corrected chi connectivity index (χ3v) is 12.0. The molecule has 0 bridgehead atoms. The highest BCUT2D eigenvalue weighted by Crippen LogP contribution is 2.37. The van der Waals surface area contributed by atoms with E-state index in [1.165, 1.54) is 4.90 Å². The quantitative estimate of drug-likeness (QED) is 0.305. The highest BCUT2D eigenvalue weighted by atomic mass is 32.1. The van der Waals surface area contributed by atoms with Crippen LogP contribution in [0.1, 0.15) is 41.5 Å². The van der Waals surface area contributed by atoms with Crippen molar-refractivity contribution in [2.24, 2.45) is 0 Å². The van der Waals surface area contributed by atoms with Crippen LogP contribution in [0.4, 0.5) is 10.5 Å². The molecule has 0 aliphatic rings. The smallest absolute Gasteiger partial charge is 0.414 e. The Morgan fingerprint density at radius 1 is 1.08 bits per heavy atom. The van der Waals surface area contributed by atoms with Crippen molar-refractivity contribution in [2.45, 2.75) is 71.4 Å². The first-order valence-corrected chi connectivity index (χ1v) is 16.2. The zero-order valence-corrected chi connectivity index (χ0v) is 25.2. The van der Waals surface area contributed by atoms with Crippen LogP contribution in [0, 0.1) is 0 Å². The zero-order chi connectivity index (χ0) is 27.6. The lowest BCUT2D eigenvalue weighted by Crippen LogP contribution is -2.46. The second-order valence-corrected chi connectivity index (χ2v) is 17.5. The van der Waals surface area contributed by atoms with Crippen molar-refractivity contribution in [3.63, 3.8) is 0 Å². The fourth-order valence-electron chi connectivity index (χ4n) is 3.29. The monoisotopic (exact) mass is 544 g/mol. The molecule has 0 saturated carbocycles. The van der Waals surface area contributed by atoms with Gasteiger partial charge in [0.2, 0.25) is 0 Å². The summed E-state index contributed by atoms with van der Waals surface area (Å²) in [6, 6.07) is 13.5. The predicted octanol–water partition coefficient (Wildman–Crippen LogP) is 7.10. The molecule has 1 amide bonds. The van der Waals surface area contributed by atoms with Crippen LogP contribution in [0.15, 0.2) is 42.5 Å². The lowest BCUT2D eigenvalue weighted by molar-refractivity contribution is 0.0589. The first kappa shape index (κ1) is 29.1. The topological polar surface area (TPSA) is 81.1 Å². The molecule has 1 heterocycles. The number of aromatic nitrogens is 1. The van der Waals surface area contributed by atoms with Gasteiger partial charge in [-0.05, 0) is 81.4 Å². The minimum Gasteiger partial charge on any atom is -0.491 e. The van der Waals surface area contributed by atoms with Crippen molar-refractivity contribution in [2.75, 3.05) is 25.2 Å². The number of anilines is 1. The van der Waals surface area contributed by atoms with Crippen molar-refractivity contribution in [3.05, 3.63) is 42.5 Å². The standard InChI is InChI=1S/C28H40N2O5SSi/c1-27(2,3)34-26(32)30(7)20-12-10-19(11-13-20)25-29-23-15-14-21(16-24(23)36-25)33-18-22(17-31)35-37(8,9)28(4,5)6/h10-16,22,31H,17-18H2,1-9H3/t22-/m1/s1. The van der Waals surface area contributed by atoms with Gasteiger partial charge in [-0.15, -0.1) is 11.3 Å². The number of ether oxygens (including phenoxy) is 2. The molecule has 0 spiro atoms. The molecule has 37 heavy (non-hydrogen) atoms. The number of carbonyl (C=O) groups is 1. The Balaban J connectivity index is 1.69. The highest BCUT2D eigenvalue weighted by molar-refractivity contribution is 7.21. The molecule has 1 aromatic heterocycles. The van der Waals surface area contributed by atoms with E-state index in [-0.39, 0.29) is 24.4 Å². The van der Waals surface area contributed by atoms with E-state index in [9.17, 15) is 9.90 Å². The van der Waals surface area contributed by atoms with Crippen LogP contribution in [0.5, 0.6) is 5.75 Å². The van der Waals surface area contributed by atoms with Gasteiger partial charge in [-0.1, -0.05) is 20.8 Å². The van der Waals surface area contributed by atoms with E-state index in [0.29, 0.717) is 5.75 Å². The fourth-order valence-corrected chi connectivity index (χ4v) is 5.62. The second-order valence-electron chi connectivity index (χ2n) is 11.7. The van der Waals surface area contributed by atoms with E-state index < -0.39 is 20.0 Å². The number of nitrogens with zero attached hydrogens (tertiary/aromatic N) is 2. The van der Waals surface area contributed by atoms with E-state index in [1.807, 2.05) is 63.2 Å². The molecule has 1 atom stereocenters. The van der Waals surface area contributed by atoms with Gasteiger partial charge in [0.25, 0.3) is 0 Å². The fraction of sp³-hybridized carbons (Fsp3) is 0.500. The van der Waals surface area contributed by atoms with E-state index in [4.69, 9.17) is 18.9 Å². The minimum atomic E-state index is -2.01. The van der Waals surface area contributed by atoms with E-state index in [2.05, 4.69) is 33.9 Å². The Kier molecular flexibility index (Phi) is 8.74. The van der Waals surface area contributed by atoms with Gasteiger partial charge in [-0.2, -0.15) is 0 Å². The Morgan fingerprint density at radius 2 is 1.73 bits per heavy atom. The van der Waals surface area contributed by atoms with Crippen molar-refractivity contribution in [1.82, 2.24) is 4.98 Å². The van der Waals surface area contributed by atoms with Gasteiger partial charge in [0, 0.05) is 18.3 Å². The lowest BCUT2D eigenvalue weighted by Gasteiger charge is -2.38. The number of fused-ring (bicyclic) bond motifs is 1. The van der Waals surface area contributed by atoms with Crippen LogP contribution < -0.4 is 9.64 Å². The average Bonchev–Trinajstić information content (AvgIpc) is 3.23. The summed E-state index contributed by atoms with van der Waals surface area (Å²) in [5.41, 5.74) is 2.05. The molecule has 0 aliphatic heterocycles. The van der Waals surface area contributed by atoms with Gasteiger partial charge in [0.1, 0.15) is 29.1 Å². The van der Waals surface area contributed by atoms with Crippen molar-refractivity contribution >= 4 is 41.7 Å². The second kappa shape index (κ2) is 11.1. The number of hydrogen-bond donors (Lipinski definition) is 1. The average molecular weight is 545 g/mol. The molecule has 202 valence electrons. The molecular formula is C28H40N2O5SSi. The number of benzene rings is 2. The van der Waals surface area contributed by atoms with Gasteiger partial charge < -0.3 is 19.0 Å². The number of aliphatic hydroxyl groups excluding tert-OH is 1. The van der Waals surface area contributed by atoms with Gasteiger partial charge in [0.15, 0.2) is 8.32 Å². The molecule has 2 aromatic carbocycles. The molecule has 0 radical (unpaired) electrons. The Morgan fingerprint density at radius 3 is 2.30 bits per heavy atom. The van der Waals surface area contributed by atoms with Crippen LogP contribution >= 0.6 is 11.3 Å². The third-order valence-electron chi connectivity index (χ3n) is 6.44. The Bertz CT molecular complexity index is 1210. The van der Waals surface area contributed by atoms with Crippen LogP contribution in [0.25, 0.3) is 20.8 Å². The highest BCUT2D eigenvalue weighted by Gasteiger charge is 2.39. The molecule has 0 unspecified atom stereocenters. The maximum atomic E-state index is 12.4. The maximum absolute atomic E-state index is 12.4. The summed E-state index contributed by atoms with van der Waals surface area (Å²) in [4.78, 5) is 18.6. The zero-order valence-electron chi connectivity index (χ0n) is 23.4. The molecule has 7 nitrogen and oxygen atoms in total. The summed E-state index contributed by atoms with van der Waals surface area (Å²) >= 11 is 1.58. The molecule has 1 N–H and O–H groups in total. The molecule has 9 heteroatoms. The summed E-state index contributed by atoms with van der Waals surface area (Å²) in [5.74, 6) is 0.717. The van der Waals surface area contributed by atoms with Gasteiger partial charge in [0.05, 0.1) is 16.8 Å². The molecule has 0 aliphatic carbocycles. The molecule has 0 fully saturated rings. The molecule has 3 rings (SSSR count). The summed E-state index contributed by atoms with van der Waals surface area (Å²) < 4.78 is 18.8. The van der Waals surface area contributed by atoms with Crippen molar-refractivity contribution in [3.8, 4) is 16.3 Å². The molecule has 3 aromatic rings. The van der Waals surface area contributed by atoms with Crippen LogP contribution in [-0.2, 0) is 9.16 Å². The van der Waals surface area contributed by atoms with E-state index in [1.54, 1.807) is 18.4 Å². The normalized spacial score (nSPS) is 13.5. The van der Waals surface area contributed by atoms with Gasteiger partial charge >= 0.3 is 6.09 Å². The maximum Gasteiger partial charge on any atom is 0.414 e. The molecule has 0 saturated heterocycles. The van der Waals surface area contributed by atoms with Crippen molar-refractivity contribution in [1.29, 1.82) is 0 Å². The SMILES string of the molecule is CN(C(=O)OC(C)(C)C)c1ccc(-c2nc3ccc(OC[C@@H](CO)O[Si](C)(C)C(C)(C)C)cc3s2)cc1. The van der Waals surface area contributed by atoms with E-state index >= 15 is 0 Å². The summed E-state index contributed by atoms with van der Waals surface area (Å²) in [6.45, 7) is 16.6. The number of rotatable bonds is 8. The largest absolute Gasteiger partial charge is 0.491 e. The van der Waals surface area contributed by atoms with Crippen LogP contribution in [0.3, 0.4) is 0 Å². The van der Waals surface area contributed by atoms with Crippen molar-refractivity contribution < 1.29 is 23.8 Å². The Labute approximate surface area is 225 Å².